The molecule has 112 valence electrons. The van der Waals surface area contributed by atoms with Crippen LogP contribution in [0.15, 0.2) is 6.07 Å². The first-order chi connectivity index (χ1) is 9.51. The number of anilines is 1. The van der Waals surface area contributed by atoms with Crippen molar-refractivity contribution in [2.24, 2.45) is 11.8 Å². The van der Waals surface area contributed by atoms with Gasteiger partial charge < -0.3 is 10.2 Å². The number of nitrogens with zero attached hydrogens (tertiary/aromatic N) is 2. The molecule has 3 nitrogen and oxygen atoms in total. The van der Waals surface area contributed by atoms with E-state index in [2.05, 4.69) is 50.9 Å². The molecule has 1 saturated heterocycles. The SMILES string of the molecule is CCNCc1c(C)cc(C)nc1N1CC(C)CC(C)C1. The van der Waals surface area contributed by atoms with Gasteiger partial charge in [0.2, 0.25) is 0 Å². The Hall–Kier alpha value is -1.09. The topological polar surface area (TPSA) is 28.2 Å². The third-order valence-electron chi connectivity index (χ3n) is 4.17. The van der Waals surface area contributed by atoms with Gasteiger partial charge in [-0.1, -0.05) is 20.8 Å². The first-order valence-corrected chi connectivity index (χ1v) is 7.94. The predicted molar refractivity (Wildman–Crippen MR) is 86.2 cm³/mol. The Morgan fingerprint density at radius 1 is 1.25 bits per heavy atom. The van der Waals surface area contributed by atoms with Crippen LogP contribution in [0.25, 0.3) is 0 Å². The van der Waals surface area contributed by atoms with Crippen molar-refractivity contribution in [3.8, 4) is 0 Å². The molecule has 1 aromatic heterocycles. The van der Waals surface area contributed by atoms with E-state index in [0.29, 0.717) is 0 Å². The van der Waals surface area contributed by atoms with E-state index >= 15 is 0 Å². The summed E-state index contributed by atoms with van der Waals surface area (Å²) in [6.07, 6.45) is 1.34. The molecule has 2 atom stereocenters. The van der Waals surface area contributed by atoms with Crippen LogP contribution in [-0.2, 0) is 6.54 Å². The molecule has 0 amide bonds. The molecule has 1 aliphatic rings. The summed E-state index contributed by atoms with van der Waals surface area (Å²) in [6, 6.07) is 2.20. The van der Waals surface area contributed by atoms with E-state index < -0.39 is 0 Å². The molecule has 1 N–H and O–H groups in total. The molecule has 2 heterocycles. The normalized spacial score (nSPS) is 23.1. The zero-order chi connectivity index (χ0) is 14.7. The maximum absolute atomic E-state index is 4.87. The summed E-state index contributed by atoms with van der Waals surface area (Å²) >= 11 is 0. The fraction of sp³-hybridized carbons (Fsp3) is 0.706. The predicted octanol–water partition coefficient (Wildman–Crippen LogP) is 3.29. The van der Waals surface area contributed by atoms with E-state index in [1.807, 2.05) is 0 Å². The van der Waals surface area contributed by atoms with Crippen LogP contribution < -0.4 is 10.2 Å². The summed E-state index contributed by atoms with van der Waals surface area (Å²) in [5.41, 5.74) is 3.86. The van der Waals surface area contributed by atoms with Gasteiger partial charge in [-0.15, -0.1) is 0 Å². The van der Waals surface area contributed by atoms with Gasteiger partial charge in [-0.25, -0.2) is 4.98 Å². The van der Waals surface area contributed by atoms with Gasteiger partial charge in [0.05, 0.1) is 0 Å². The van der Waals surface area contributed by atoms with Crippen molar-refractivity contribution in [2.75, 3.05) is 24.5 Å². The quantitative estimate of drug-likeness (QED) is 0.914. The van der Waals surface area contributed by atoms with Crippen molar-refractivity contribution in [2.45, 2.75) is 47.6 Å². The summed E-state index contributed by atoms with van der Waals surface area (Å²) in [4.78, 5) is 7.37. The molecule has 0 bridgehead atoms. The summed E-state index contributed by atoms with van der Waals surface area (Å²) < 4.78 is 0. The van der Waals surface area contributed by atoms with Gasteiger partial charge in [0, 0.05) is 30.9 Å². The number of rotatable bonds is 4. The van der Waals surface area contributed by atoms with E-state index in [1.165, 1.54) is 23.4 Å². The van der Waals surface area contributed by atoms with Crippen LogP contribution in [0.5, 0.6) is 0 Å². The third-order valence-corrected chi connectivity index (χ3v) is 4.17. The highest BCUT2D eigenvalue weighted by molar-refractivity contribution is 5.52. The van der Waals surface area contributed by atoms with Crippen LogP contribution >= 0.6 is 0 Å². The van der Waals surface area contributed by atoms with E-state index in [-0.39, 0.29) is 0 Å². The molecule has 3 heteroatoms. The number of pyridine rings is 1. The molecule has 1 aromatic rings. The fourth-order valence-corrected chi connectivity index (χ4v) is 3.41. The molecule has 1 aliphatic heterocycles. The average Bonchev–Trinajstić information content (AvgIpc) is 2.35. The smallest absolute Gasteiger partial charge is 0.133 e. The van der Waals surface area contributed by atoms with Gasteiger partial charge in [-0.2, -0.15) is 0 Å². The Bertz CT molecular complexity index is 446. The molecule has 2 rings (SSSR count). The standard InChI is InChI=1S/C17H29N3/c1-6-18-9-16-14(4)8-15(5)19-17(16)20-10-12(2)7-13(3)11-20/h8,12-13,18H,6-7,9-11H2,1-5H3. The van der Waals surface area contributed by atoms with Crippen LogP contribution in [0, 0.1) is 25.7 Å². The van der Waals surface area contributed by atoms with Crippen molar-refractivity contribution in [1.82, 2.24) is 10.3 Å². The first-order valence-electron chi connectivity index (χ1n) is 7.94. The van der Waals surface area contributed by atoms with Crippen molar-refractivity contribution in [3.05, 3.63) is 22.9 Å². The van der Waals surface area contributed by atoms with Gasteiger partial charge in [0.15, 0.2) is 0 Å². The lowest BCUT2D eigenvalue weighted by molar-refractivity contribution is 0.354. The third kappa shape index (κ3) is 3.51. The maximum Gasteiger partial charge on any atom is 0.133 e. The van der Waals surface area contributed by atoms with E-state index in [9.17, 15) is 0 Å². The fourth-order valence-electron chi connectivity index (χ4n) is 3.41. The average molecular weight is 275 g/mol. The van der Waals surface area contributed by atoms with E-state index in [1.54, 1.807) is 0 Å². The molecule has 0 aliphatic carbocycles. The van der Waals surface area contributed by atoms with Crippen LogP contribution in [0.3, 0.4) is 0 Å². The Labute approximate surface area is 123 Å². The van der Waals surface area contributed by atoms with Gasteiger partial charge in [0.1, 0.15) is 5.82 Å². The van der Waals surface area contributed by atoms with Crippen molar-refractivity contribution >= 4 is 5.82 Å². The lowest BCUT2D eigenvalue weighted by atomic mass is 9.91. The minimum atomic E-state index is 0.758. The molecular weight excluding hydrogens is 246 g/mol. The first kappa shape index (κ1) is 15.3. The largest absolute Gasteiger partial charge is 0.356 e. The van der Waals surface area contributed by atoms with Crippen molar-refractivity contribution in [3.63, 3.8) is 0 Å². The maximum atomic E-state index is 4.87. The minimum Gasteiger partial charge on any atom is -0.356 e. The Morgan fingerprint density at radius 3 is 2.50 bits per heavy atom. The highest BCUT2D eigenvalue weighted by Gasteiger charge is 2.25. The Morgan fingerprint density at radius 2 is 1.90 bits per heavy atom. The Kier molecular flexibility index (Phi) is 5.03. The monoisotopic (exact) mass is 275 g/mol. The second-order valence-corrected chi connectivity index (χ2v) is 6.51. The minimum absolute atomic E-state index is 0.758. The zero-order valence-corrected chi connectivity index (χ0v) is 13.7. The number of piperidine rings is 1. The lowest BCUT2D eigenvalue weighted by Crippen LogP contribution is -2.40. The highest BCUT2D eigenvalue weighted by Crippen LogP contribution is 2.29. The number of hydrogen-bond donors (Lipinski definition) is 1. The molecule has 0 saturated carbocycles. The van der Waals surface area contributed by atoms with Crippen LogP contribution in [0.4, 0.5) is 5.82 Å². The zero-order valence-electron chi connectivity index (χ0n) is 13.7. The number of aromatic nitrogens is 1. The lowest BCUT2D eigenvalue weighted by Gasteiger charge is -2.37. The van der Waals surface area contributed by atoms with Gasteiger partial charge in [-0.05, 0) is 50.3 Å². The van der Waals surface area contributed by atoms with Gasteiger partial charge >= 0.3 is 0 Å². The van der Waals surface area contributed by atoms with Crippen LogP contribution in [-0.4, -0.2) is 24.6 Å². The molecule has 20 heavy (non-hydrogen) atoms. The summed E-state index contributed by atoms with van der Waals surface area (Å²) in [6.45, 7) is 15.4. The Balaban J connectivity index is 2.32. The summed E-state index contributed by atoms with van der Waals surface area (Å²) in [5, 5.41) is 3.46. The van der Waals surface area contributed by atoms with Gasteiger partial charge in [-0.3, -0.25) is 0 Å². The van der Waals surface area contributed by atoms with Gasteiger partial charge in [0.25, 0.3) is 0 Å². The number of hydrogen-bond acceptors (Lipinski definition) is 3. The summed E-state index contributed by atoms with van der Waals surface area (Å²) in [7, 11) is 0. The molecule has 1 fully saturated rings. The second kappa shape index (κ2) is 6.57. The molecule has 0 aromatic carbocycles. The highest BCUT2D eigenvalue weighted by atomic mass is 15.2. The van der Waals surface area contributed by atoms with Crippen LogP contribution in [0.2, 0.25) is 0 Å². The molecular formula is C17H29N3. The molecule has 0 spiro atoms. The van der Waals surface area contributed by atoms with Crippen LogP contribution in [0.1, 0.15) is 44.0 Å². The second-order valence-electron chi connectivity index (χ2n) is 6.51. The van der Waals surface area contributed by atoms with Crippen molar-refractivity contribution < 1.29 is 0 Å². The number of aryl methyl sites for hydroxylation is 2. The molecule has 2 unspecified atom stereocenters. The number of nitrogens with one attached hydrogen (secondary N) is 1. The van der Waals surface area contributed by atoms with Crippen molar-refractivity contribution in [1.29, 1.82) is 0 Å². The summed E-state index contributed by atoms with van der Waals surface area (Å²) in [5.74, 6) is 2.73. The van der Waals surface area contributed by atoms with E-state index in [0.717, 1.165) is 43.7 Å². The molecule has 0 radical (unpaired) electrons. The van der Waals surface area contributed by atoms with E-state index in [4.69, 9.17) is 4.98 Å².